The topological polar surface area (TPSA) is 108 Å². The van der Waals surface area contributed by atoms with Gasteiger partial charge in [-0.3, -0.25) is 14.9 Å². The van der Waals surface area contributed by atoms with Crippen LogP contribution in [-0.2, 0) is 9.53 Å². The van der Waals surface area contributed by atoms with Gasteiger partial charge in [0.25, 0.3) is 5.91 Å². The van der Waals surface area contributed by atoms with Crippen LogP contribution in [0.3, 0.4) is 0 Å². The van der Waals surface area contributed by atoms with Crippen LogP contribution in [0.15, 0.2) is 48.5 Å². The summed E-state index contributed by atoms with van der Waals surface area (Å²) >= 11 is 0. The first kappa shape index (κ1) is 19.9. The molecule has 0 aromatic heterocycles. The van der Waals surface area contributed by atoms with Crippen LogP contribution in [0.4, 0.5) is 5.69 Å². The molecule has 2 aromatic rings. The molecule has 0 aliphatic rings. The van der Waals surface area contributed by atoms with Gasteiger partial charge >= 0.3 is 11.7 Å². The summed E-state index contributed by atoms with van der Waals surface area (Å²) < 4.78 is 9.79. The summed E-state index contributed by atoms with van der Waals surface area (Å²) in [6.45, 7) is 1.90. The van der Waals surface area contributed by atoms with Crippen molar-refractivity contribution >= 4 is 17.6 Å². The maximum Gasteiger partial charge on any atom is 0.338 e. The summed E-state index contributed by atoms with van der Waals surface area (Å²) in [5, 5.41) is 13.7. The molecule has 8 nitrogen and oxygen atoms in total. The van der Waals surface area contributed by atoms with Gasteiger partial charge in [-0.25, -0.2) is 4.79 Å². The minimum absolute atomic E-state index is 0.0317. The highest BCUT2D eigenvalue weighted by Gasteiger charge is 2.19. The van der Waals surface area contributed by atoms with E-state index in [-0.39, 0.29) is 22.9 Å². The van der Waals surface area contributed by atoms with E-state index in [1.165, 1.54) is 19.2 Å². The number of benzene rings is 2. The highest BCUT2D eigenvalue weighted by Crippen LogP contribution is 2.27. The lowest BCUT2D eigenvalue weighted by atomic mass is 10.0. The molecule has 0 saturated carbocycles. The predicted octanol–water partition coefficient (Wildman–Crippen LogP) is 2.68. The number of amides is 1. The molecule has 8 heteroatoms. The van der Waals surface area contributed by atoms with Crippen LogP contribution in [0.2, 0.25) is 0 Å². The van der Waals surface area contributed by atoms with E-state index in [1.807, 2.05) is 37.3 Å². The molecule has 0 radical (unpaired) electrons. The molecule has 2 rings (SSSR count). The van der Waals surface area contributed by atoms with E-state index in [2.05, 4.69) is 5.32 Å². The molecule has 27 heavy (non-hydrogen) atoms. The fourth-order valence-electron chi connectivity index (χ4n) is 2.39. The second kappa shape index (κ2) is 9.33. The second-order valence-corrected chi connectivity index (χ2v) is 5.84. The molecule has 0 unspecified atom stereocenters. The predicted molar refractivity (Wildman–Crippen MR) is 97.8 cm³/mol. The van der Waals surface area contributed by atoms with Gasteiger partial charge in [0, 0.05) is 12.6 Å². The highest BCUT2D eigenvalue weighted by molar-refractivity contribution is 5.92. The SMILES string of the molecule is COc1ccc(C(=O)OCC(=O)NC[C@H](C)c2ccccc2)cc1[N+](=O)[O-]. The average molecular weight is 372 g/mol. The van der Waals surface area contributed by atoms with Crippen molar-refractivity contribution < 1.29 is 24.0 Å². The van der Waals surface area contributed by atoms with Crippen LogP contribution >= 0.6 is 0 Å². The number of nitrogens with zero attached hydrogens (tertiary/aromatic N) is 1. The maximum atomic E-state index is 12.0. The summed E-state index contributed by atoms with van der Waals surface area (Å²) in [7, 11) is 1.29. The van der Waals surface area contributed by atoms with Gasteiger partial charge in [0.15, 0.2) is 12.4 Å². The van der Waals surface area contributed by atoms with Gasteiger partial charge in [0.05, 0.1) is 17.6 Å². The van der Waals surface area contributed by atoms with Crippen molar-refractivity contribution in [2.24, 2.45) is 0 Å². The summed E-state index contributed by atoms with van der Waals surface area (Å²) in [5.41, 5.74) is 0.696. The van der Waals surface area contributed by atoms with Gasteiger partial charge in [0.2, 0.25) is 0 Å². The Balaban J connectivity index is 1.87. The van der Waals surface area contributed by atoms with Gasteiger partial charge in [-0.05, 0) is 23.6 Å². The van der Waals surface area contributed by atoms with E-state index in [4.69, 9.17) is 9.47 Å². The number of carbonyl (C=O) groups excluding carboxylic acids is 2. The number of ether oxygens (including phenoxy) is 2. The van der Waals surface area contributed by atoms with E-state index >= 15 is 0 Å². The first-order chi connectivity index (χ1) is 12.9. The molecule has 1 amide bonds. The molecule has 0 spiro atoms. The van der Waals surface area contributed by atoms with E-state index in [9.17, 15) is 19.7 Å². The first-order valence-corrected chi connectivity index (χ1v) is 8.23. The molecular weight excluding hydrogens is 352 g/mol. The van der Waals surface area contributed by atoms with Crippen LogP contribution in [-0.4, -0.2) is 37.1 Å². The molecule has 0 saturated heterocycles. The Kier molecular flexibility index (Phi) is 6.87. The van der Waals surface area contributed by atoms with Crippen molar-refractivity contribution in [2.45, 2.75) is 12.8 Å². The standard InChI is InChI=1S/C19H20N2O6/c1-13(14-6-4-3-5-7-14)11-20-18(22)12-27-19(23)15-8-9-17(26-2)16(10-15)21(24)25/h3-10,13H,11-12H2,1-2H3,(H,20,22)/t13-/m0/s1. The normalized spacial score (nSPS) is 11.3. The number of hydrogen-bond acceptors (Lipinski definition) is 6. The monoisotopic (exact) mass is 372 g/mol. The smallest absolute Gasteiger partial charge is 0.338 e. The van der Waals surface area contributed by atoms with E-state index in [1.54, 1.807) is 0 Å². The number of carbonyl (C=O) groups is 2. The number of hydrogen-bond donors (Lipinski definition) is 1. The highest BCUT2D eigenvalue weighted by atomic mass is 16.6. The fourth-order valence-corrected chi connectivity index (χ4v) is 2.39. The number of nitro benzene ring substituents is 1. The Morgan fingerprint density at radius 2 is 1.89 bits per heavy atom. The van der Waals surface area contributed by atoms with Gasteiger partial charge < -0.3 is 14.8 Å². The third kappa shape index (κ3) is 5.53. The molecule has 0 fully saturated rings. The number of methoxy groups -OCH3 is 1. The summed E-state index contributed by atoms with van der Waals surface area (Å²) in [6, 6.07) is 13.4. The minimum Gasteiger partial charge on any atom is -0.490 e. The van der Waals surface area contributed by atoms with Crippen LogP contribution in [0, 0.1) is 10.1 Å². The second-order valence-electron chi connectivity index (χ2n) is 5.84. The third-order valence-corrected chi connectivity index (χ3v) is 3.92. The fraction of sp³-hybridized carbons (Fsp3) is 0.263. The molecule has 0 aliphatic heterocycles. The lowest BCUT2D eigenvalue weighted by molar-refractivity contribution is -0.385. The van der Waals surface area contributed by atoms with Gasteiger partial charge in [-0.2, -0.15) is 0 Å². The molecule has 2 aromatic carbocycles. The zero-order chi connectivity index (χ0) is 19.8. The Bertz CT molecular complexity index is 822. The van der Waals surface area contributed by atoms with E-state index in [0.717, 1.165) is 11.6 Å². The zero-order valence-electron chi connectivity index (χ0n) is 15.0. The Hall–Kier alpha value is -3.42. The number of nitro groups is 1. The number of nitrogens with one attached hydrogen (secondary N) is 1. The average Bonchev–Trinajstić information content (AvgIpc) is 2.70. The number of esters is 1. The zero-order valence-corrected chi connectivity index (χ0v) is 15.0. The number of rotatable bonds is 8. The van der Waals surface area contributed by atoms with Crippen molar-refractivity contribution in [1.29, 1.82) is 0 Å². The maximum absolute atomic E-state index is 12.0. The van der Waals surface area contributed by atoms with Crippen LogP contribution in [0.1, 0.15) is 28.8 Å². The summed E-state index contributed by atoms with van der Waals surface area (Å²) in [4.78, 5) is 34.2. The van der Waals surface area contributed by atoms with Crippen LogP contribution < -0.4 is 10.1 Å². The van der Waals surface area contributed by atoms with Crippen molar-refractivity contribution in [2.75, 3.05) is 20.3 Å². The lowest BCUT2D eigenvalue weighted by Crippen LogP contribution is -2.31. The molecule has 1 N–H and O–H groups in total. The largest absolute Gasteiger partial charge is 0.490 e. The van der Waals surface area contributed by atoms with Crippen molar-refractivity contribution in [3.8, 4) is 5.75 Å². The van der Waals surface area contributed by atoms with Crippen molar-refractivity contribution in [1.82, 2.24) is 5.32 Å². The molecule has 0 aliphatic carbocycles. The molecule has 142 valence electrons. The molecule has 1 atom stereocenters. The van der Waals surface area contributed by atoms with Crippen LogP contribution in [0.25, 0.3) is 0 Å². The summed E-state index contributed by atoms with van der Waals surface area (Å²) in [6.07, 6.45) is 0. The van der Waals surface area contributed by atoms with Crippen molar-refractivity contribution in [3.63, 3.8) is 0 Å². The Morgan fingerprint density at radius 1 is 1.19 bits per heavy atom. The van der Waals surface area contributed by atoms with Crippen molar-refractivity contribution in [3.05, 3.63) is 69.8 Å². The van der Waals surface area contributed by atoms with Gasteiger partial charge in [0.1, 0.15) is 0 Å². The quantitative estimate of drug-likeness (QED) is 0.434. The van der Waals surface area contributed by atoms with E-state index in [0.29, 0.717) is 6.54 Å². The summed E-state index contributed by atoms with van der Waals surface area (Å²) in [5.74, 6) is -1.14. The Morgan fingerprint density at radius 3 is 2.52 bits per heavy atom. The van der Waals surface area contributed by atoms with E-state index < -0.39 is 23.4 Å². The van der Waals surface area contributed by atoms with Gasteiger partial charge in [-0.15, -0.1) is 0 Å². The molecule has 0 heterocycles. The Labute approximate surface area is 156 Å². The molecule has 0 bridgehead atoms. The van der Waals surface area contributed by atoms with Crippen LogP contribution in [0.5, 0.6) is 5.75 Å². The first-order valence-electron chi connectivity index (χ1n) is 8.23. The van der Waals surface area contributed by atoms with Gasteiger partial charge in [-0.1, -0.05) is 37.3 Å². The molecular formula is C19H20N2O6. The lowest BCUT2D eigenvalue weighted by Gasteiger charge is -2.13. The minimum atomic E-state index is -0.827. The third-order valence-electron chi connectivity index (χ3n) is 3.92.